The molecule has 0 aliphatic heterocycles. The summed E-state index contributed by atoms with van der Waals surface area (Å²) in [4.78, 5) is 0. The standard InChI is InChI=1S/C15H21Cl2N/c1-3-18-14-8-7-11(10(14)2)9-12-5-4-6-13(16)15(12)17/h4-6,10-11,14,18H,3,7-9H2,1-2H3. The Morgan fingerprint density at radius 2 is 2.06 bits per heavy atom. The second-order valence-electron chi connectivity index (χ2n) is 5.28. The summed E-state index contributed by atoms with van der Waals surface area (Å²) in [6, 6.07) is 6.61. The number of rotatable bonds is 4. The molecule has 0 spiro atoms. The van der Waals surface area contributed by atoms with Crippen molar-refractivity contribution in [1.82, 2.24) is 5.32 Å². The summed E-state index contributed by atoms with van der Waals surface area (Å²) in [5.74, 6) is 1.42. The predicted octanol–water partition coefficient (Wildman–Crippen LogP) is 4.56. The Kier molecular flexibility index (Phi) is 4.94. The van der Waals surface area contributed by atoms with Gasteiger partial charge in [0.2, 0.25) is 0 Å². The summed E-state index contributed by atoms with van der Waals surface area (Å²) in [7, 11) is 0. The van der Waals surface area contributed by atoms with Gasteiger partial charge in [0.05, 0.1) is 10.0 Å². The van der Waals surface area contributed by atoms with Crippen molar-refractivity contribution in [3.8, 4) is 0 Å². The van der Waals surface area contributed by atoms with Crippen LogP contribution in [0.2, 0.25) is 10.0 Å². The van der Waals surface area contributed by atoms with E-state index in [1.54, 1.807) is 0 Å². The molecule has 1 aromatic rings. The van der Waals surface area contributed by atoms with E-state index in [0.717, 1.165) is 18.0 Å². The minimum atomic E-state index is 0.665. The molecule has 0 aromatic heterocycles. The van der Waals surface area contributed by atoms with Crippen LogP contribution in [0.3, 0.4) is 0 Å². The van der Waals surface area contributed by atoms with Crippen LogP contribution in [0.1, 0.15) is 32.3 Å². The normalized spacial score (nSPS) is 27.7. The lowest BCUT2D eigenvalue weighted by Crippen LogP contribution is -2.32. The van der Waals surface area contributed by atoms with Gasteiger partial charge in [-0.15, -0.1) is 0 Å². The molecule has 2 rings (SSSR count). The molecule has 0 heterocycles. The number of halogens is 2. The predicted molar refractivity (Wildman–Crippen MR) is 79.5 cm³/mol. The van der Waals surface area contributed by atoms with Crippen molar-refractivity contribution in [3.63, 3.8) is 0 Å². The molecule has 1 aromatic carbocycles. The van der Waals surface area contributed by atoms with Crippen LogP contribution in [0, 0.1) is 11.8 Å². The maximum Gasteiger partial charge on any atom is 0.0624 e. The zero-order chi connectivity index (χ0) is 13.1. The SMILES string of the molecule is CCNC1CCC(Cc2cccc(Cl)c2Cl)C1C. The summed E-state index contributed by atoms with van der Waals surface area (Å²) in [5, 5.41) is 4.98. The second-order valence-corrected chi connectivity index (χ2v) is 6.06. The van der Waals surface area contributed by atoms with Crippen molar-refractivity contribution < 1.29 is 0 Å². The van der Waals surface area contributed by atoms with Crippen LogP contribution < -0.4 is 5.32 Å². The zero-order valence-corrected chi connectivity index (χ0v) is 12.6. The van der Waals surface area contributed by atoms with Crippen LogP contribution in [0.5, 0.6) is 0 Å². The Balaban J connectivity index is 2.04. The van der Waals surface area contributed by atoms with Gasteiger partial charge in [-0.2, -0.15) is 0 Å². The summed E-state index contributed by atoms with van der Waals surface area (Å²) in [5.41, 5.74) is 1.19. The molecule has 3 atom stereocenters. The molecule has 1 fully saturated rings. The molecule has 1 aliphatic carbocycles. The van der Waals surface area contributed by atoms with Gasteiger partial charge in [-0.3, -0.25) is 0 Å². The van der Waals surface area contributed by atoms with E-state index in [-0.39, 0.29) is 0 Å². The summed E-state index contributed by atoms with van der Waals surface area (Å²) in [6.07, 6.45) is 3.60. The molecule has 0 radical (unpaired) electrons. The molecule has 0 amide bonds. The highest BCUT2D eigenvalue weighted by molar-refractivity contribution is 6.42. The fourth-order valence-electron chi connectivity index (χ4n) is 3.07. The van der Waals surface area contributed by atoms with Gasteiger partial charge in [0, 0.05) is 6.04 Å². The van der Waals surface area contributed by atoms with Gasteiger partial charge in [0.1, 0.15) is 0 Å². The molecule has 1 N–H and O–H groups in total. The van der Waals surface area contributed by atoms with Crippen LogP contribution in [0.25, 0.3) is 0 Å². The van der Waals surface area contributed by atoms with Gasteiger partial charge >= 0.3 is 0 Å². The van der Waals surface area contributed by atoms with Gasteiger partial charge in [0.15, 0.2) is 0 Å². The first kappa shape index (κ1) is 14.2. The molecular formula is C15H21Cl2N. The van der Waals surface area contributed by atoms with E-state index >= 15 is 0 Å². The van der Waals surface area contributed by atoms with Gasteiger partial charge in [-0.05, 0) is 49.3 Å². The highest BCUT2D eigenvalue weighted by Crippen LogP contribution is 2.36. The van der Waals surface area contributed by atoms with Gasteiger partial charge in [-0.1, -0.05) is 49.2 Å². The second kappa shape index (κ2) is 6.27. The third-order valence-corrected chi connectivity index (χ3v) is 5.06. The molecule has 100 valence electrons. The molecule has 1 nitrogen and oxygen atoms in total. The van der Waals surface area contributed by atoms with Gasteiger partial charge in [-0.25, -0.2) is 0 Å². The molecule has 3 heteroatoms. The topological polar surface area (TPSA) is 12.0 Å². The van der Waals surface area contributed by atoms with Crippen LogP contribution in [-0.4, -0.2) is 12.6 Å². The molecule has 1 aliphatic rings. The summed E-state index contributed by atoms with van der Waals surface area (Å²) < 4.78 is 0. The van der Waals surface area contributed by atoms with E-state index in [1.165, 1.54) is 18.4 Å². The van der Waals surface area contributed by atoms with Crippen LogP contribution in [0.4, 0.5) is 0 Å². The number of benzene rings is 1. The highest BCUT2D eigenvalue weighted by Gasteiger charge is 2.32. The summed E-state index contributed by atoms with van der Waals surface area (Å²) in [6.45, 7) is 5.58. The first-order valence-corrected chi connectivity index (χ1v) is 7.55. The fraction of sp³-hybridized carbons (Fsp3) is 0.600. The quantitative estimate of drug-likeness (QED) is 0.855. The summed E-state index contributed by atoms with van der Waals surface area (Å²) >= 11 is 12.3. The fourth-order valence-corrected chi connectivity index (χ4v) is 3.47. The first-order valence-electron chi connectivity index (χ1n) is 6.79. The lowest BCUT2D eigenvalue weighted by Gasteiger charge is -2.21. The van der Waals surface area contributed by atoms with Crippen LogP contribution >= 0.6 is 23.2 Å². The van der Waals surface area contributed by atoms with E-state index < -0.39 is 0 Å². The molecule has 0 bridgehead atoms. The smallest absolute Gasteiger partial charge is 0.0624 e. The molecular weight excluding hydrogens is 265 g/mol. The van der Waals surface area contributed by atoms with E-state index in [2.05, 4.69) is 25.2 Å². The van der Waals surface area contributed by atoms with Crippen LogP contribution in [0.15, 0.2) is 18.2 Å². The molecule has 1 saturated carbocycles. The number of nitrogens with one attached hydrogen (secondary N) is 1. The number of hydrogen-bond acceptors (Lipinski definition) is 1. The maximum absolute atomic E-state index is 6.27. The average molecular weight is 286 g/mol. The van der Waals surface area contributed by atoms with Crippen molar-refractivity contribution in [2.45, 2.75) is 39.2 Å². The van der Waals surface area contributed by atoms with Crippen molar-refractivity contribution >= 4 is 23.2 Å². The zero-order valence-electron chi connectivity index (χ0n) is 11.0. The Morgan fingerprint density at radius 1 is 1.28 bits per heavy atom. The van der Waals surface area contributed by atoms with Gasteiger partial charge in [0.25, 0.3) is 0 Å². The van der Waals surface area contributed by atoms with Crippen molar-refractivity contribution in [2.24, 2.45) is 11.8 Å². The third-order valence-electron chi connectivity index (χ3n) is 4.21. The largest absolute Gasteiger partial charge is 0.314 e. The first-order chi connectivity index (χ1) is 8.63. The van der Waals surface area contributed by atoms with Crippen molar-refractivity contribution in [1.29, 1.82) is 0 Å². The Bertz CT molecular complexity index is 405. The lowest BCUT2D eigenvalue weighted by molar-refractivity contribution is 0.355. The monoisotopic (exact) mass is 285 g/mol. The highest BCUT2D eigenvalue weighted by atomic mass is 35.5. The Morgan fingerprint density at radius 3 is 2.78 bits per heavy atom. The van der Waals surface area contributed by atoms with E-state index in [4.69, 9.17) is 23.2 Å². The Hall–Kier alpha value is -0.240. The Labute approximate surface area is 120 Å². The minimum absolute atomic E-state index is 0.665. The van der Waals surface area contributed by atoms with Crippen LogP contribution in [-0.2, 0) is 6.42 Å². The van der Waals surface area contributed by atoms with Crippen molar-refractivity contribution in [2.75, 3.05) is 6.54 Å². The van der Waals surface area contributed by atoms with E-state index in [1.807, 2.05) is 12.1 Å². The third kappa shape index (κ3) is 3.01. The van der Waals surface area contributed by atoms with Crippen molar-refractivity contribution in [3.05, 3.63) is 33.8 Å². The average Bonchev–Trinajstić information content (AvgIpc) is 2.68. The minimum Gasteiger partial charge on any atom is -0.314 e. The lowest BCUT2D eigenvalue weighted by atomic mass is 9.89. The van der Waals surface area contributed by atoms with E-state index in [9.17, 15) is 0 Å². The number of hydrogen-bond donors (Lipinski definition) is 1. The molecule has 3 unspecified atom stereocenters. The molecule has 18 heavy (non-hydrogen) atoms. The maximum atomic E-state index is 6.27. The van der Waals surface area contributed by atoms with E-state index in [0.29, 0.717) is 22.9 Å². The van der Waals surface area contributed by atoms with Gasteiger partial charge < -0.3 is 5.32 Å². The molecule has 0 saturated heterocycles.